The number of aromatic nitrogens is 3. The smallest absolute Gasteiger partial charge is 0.282 e. The molecule has 3 heterocycles. The van der Waals surface area contributed by atoms with Gasteiger partial charge in [0.25, 0.3) is 6.43 Å². The van der Waals surface area contributed by atoms with Gasteiger partial charge in [-0.25, -0.2) is 8.78 Å². The van der Waals surface area contributed by atoms with Crippen LogP contribution < -0.4 is 4.74 Å². The van der Waals surface area contributed by atoms with Crippen LogP contribution in [0.2, 0.25) is 0 Å². The molecule has 0 radical (unpaired) electrons. The summed E-state index contributed by atoms with van der Waals surface area (Å²) in [5.41, 5.74) is 0.480. The lowest BCUT2D eigenvalue weighted by molar-refractivity contribution is -0.133. The summed E-state index contributed by atoms with van der Waals surface area (Å²) in [6, 6.07) is 4.78. The Morgan fingerprint density at radius 2 is 2.25 bits per heavy atom. The van der Waals surface area contributed by atoms with Gasteiger partial charge in [-0.15, -0.1) is 0 Å². The van der Waals surface area contributed by atoms with Crippen LogP contribution in [0.15, 0.2) is 30.6 Å². The number of carbonyl (C=O) groups is 1. The van der Waals surface area contributed by atoms with E-state index < -0.39 is 6.43 Å². The average Bonchev–Trinajstić information content (AvgIpc) is 3.24. The molecule has 0 aliphatic carbocycles. The highest BCUT2D eigenvalue weighted by Gasteiger charge is 2.31. The van der Waals surface area contributed by atoms with Crippen molar-refractivity contribution in [2.24, 2.45) is 0 Å². The fourth-order valence-electron chi connectivity index (χ4n) is 2.89. The highest BCUT2D eigenvalue weighted by atomic mass is 19.3. The molecule has 24 heavy (non-hydrogen) atoms. The Kier molecular flexibility index (Phi) is 4.73. The van der Waals surface area contributed by atoms with Crippen LogP contribution in [-0.2, 0) is 11.3 Å². The molecule has 1 aliphatic rings. The normalized spacial score (nSPS) is 17.5. The number of rotatable bonds is 5. The number of likely N-dealkylation sites (tertiary alicyclic amines) is 1. The predicted octanol–water partition coefficient (Wildman–Crippen LogP) is 2.59. The molecule has 0 saturated carbocycles. The summed E-state index contributed by atoms with van der Waals surface area (Å²) < 4.78 is 31.5. The Morgan fingerprint density at radius 3 is 2.88 bits per heavy atom. The molecule has 2 aromatic rings. The first-order valence-electron chi connectivity index (χ1n) is 7.69. The molecular weight excluding hydrogens is 318 g/mol. The first kappa shape index (κ1) is 16.4. The Bertz CT molecular complexity index is 702. The standard InChI is InChI=1S/C16H18F2N4O2/c1-24-11-4-5-12(19-9-11)14-3-2-7-22(14)15(23)10-21-8-6-13(20-21)16(17)18/h4-6,8-9,14,16H,2-3,7,10H2,1H3. The van der Waals surface area contributed by atoms with E-state index in [9.17, 15) is 13.6 Å². The maximum absolute atomic E-state index is 12.6. The molecule has 8 heteroatoms. The van der Waals surface area contributed by atoms with Gasteiger partial charge in [-0.2, -0.15) is 5.10 Å². The van der Waals surface area contributed by atoms with Gasteiger partial charge in [0.05, 0.1) is 25.0 Å². The van der Waals surface area contributed by atoms with Crippen molar-refractivity contribution < 1.29 is 18.3 Å². The van der Waals surface area contributed by atoms with Crippen molar-refractivity contribution in [3.63, 3.8) is 0 Å². The van der Waals surface area contributed by atoms with Crippen molar-refractivity contribution in [3.05, 3.63) is 42.0 Å². The zero-order valence-electron chi connectivity index (χ0n) is 13.2. The summed E-state index contributed by atoms with van der Waals surface area (Å²) in [5.74, 6) is 0.504. The fourth-order valence-corrected chi connectivity index (χ4v) is 2.89. The maximum Gasteiger partial charge on any atom is 0.282 e. The molecule has 6 nitrogen and oxygen atoms in total. The first-order chi connectivity index (χ1) is 11.6. The lowest BCUT2D eigenvalue weighted by Gasteiger charge is -2.24. The average molecular weight is 336 g/mol. The summed E-state index contributed by atoms with van der Waals surface area (Å²) in [4.78, 5) is 18.6. The van der Waals surface area contributed by atoms with Crippen LogP contribution in [0.1, 0.15) is 36.7 Å². The summed E-state index contributed by atoms with van der Waals surface area (Å²) >= 11 is 0. The summed E-state index contributed by atoms with van der Waals surface area (Å²) in [6.45, 7) is 0.569. The molecule has 0 aromatic carbocycles. The predicted molar refractivity (Wildman–Crippen MR) is 81.7 cm³/mol. The molecule has 1 unspecified atom stereocenters. The molecule has 0 bridgehead atoms. The lowest BCUT2D eigenvalue weighted by atomic mass is 10.1. The van der Waals surface area contributed by atoms with E-state index in [0.29, 0.717) is 12.3 Å². The van der Waals surface area contributed by atoms with Crippen molar-refractivity contribution >= 4 is 5.91 Å². The number of amides is 1. The maximum atomic E-state index is 12.6. The van der Waals surface area contributed by atoms with Gasteiger partial charge in [0.2, 0.25) is 5.91 Å². The molecule has 1 fully saturated rings. The van der Waals surface area contributed by atoms with Gasteiger partial charge in [0, 0.05) is 12.7 Å². The van der Waals surface area contributed by atoms with Crippen LogP contribution in [0.4, 0.5) is 8.78 Å². The summed E-state index contributed by atoms with van der Waals surface area (Å²) in [6.07, 6.45) is 2.09. The SMILES string of the molecule is COc1ccc(C2CCCN2C(=O)Cn2ccc(C(F)F)n2)nc1. The minimum Gasteiger partial charge on any atom is -0.495 e. The van der Waals surface area contributed by atoms with E-state index in [4.69, 9.17) is 4.74 Å². The molecule has 3 rings (SSSR count). The van der Waals surface area contributed by atoms with Crippen LogP contribution >= 0.6 is 0 Å². The van der Waals surface area contributed by atoms with E-state index >= 15 is 0 Å². The van der Waals surface area contributed by atoms with E-state index in [1.165, 1.54) is 16.9 Å². The number of halogens is 2. The minimum absolute atomic E-state index is 0.0562. The first-order valence-corrected chi connectivity index (χ1v) is 7.69. The molecule has 1 aliphatic heterocycles. The van der Waals surface area contributed by atoms with Crippen LogP contribution in [-0.4, -0.2) is 39.2 Å². The second-order valence-electron chi connectivity index (χ2n) is 5.61. The third-order valence-corrected chi connectivity index (χ3v) is 4.09. The van der Waals surface area contributed by atoms with Gasteiger partial charge in [0.15, 0.2) is 0 Å². The second-order valence-corrected chi connectivity index (χ2v) is 5.61. The zero-order valence-corrected chi connectivity index (χ0v) is 13.2. The van der Waals surface area contributed by atoms with Crippen LogP contribution in [0, 0.1) is 0 Å². The number of carbonyl (C=O) groups excluding carboxylic acids is 1. The topological polar surface area (TPSA) is 60.2 Å². The van der Waals surface area contributed by atoms with Crippen molar-refractivity contribution in [3.8, 4) is 5.75 Å². The highest BCUT2D eigenvalue weighted by molar-refractivity contribution is 5.76. The van der Waals surface area contributed by atoms with Crippen molar-refractivity contribution in [2.45, 2.75) is 31.9 Å². The monoisotopic (exact) mass is 336 g/mol. The van der Waals surface area contributed by atoms with Gasteiger partial charge in [-0.1, -0.05) is 0 Å². The second kappa shape index (κ2) is 6.94. The van der Waals surface area contributed by atoms with Gasteiger partial charge in [-0.3, -0.25) is 14.5 Å². The van der Waals surface area contributed by atoms with E-state index in [-0.39, 0.29) is 24.2 Å². The molecule has 1 saturated heterocycles. The minimum atomic E-state index is -2.63. The molecule has 0 spiro atoms. The van der Waals surface area contributed by atoms with Gasteiger partial charge < -0.3 is 9.64 Å². The van der Waals surface area contributed by atoms with E-state index in [1.807, 2.05) is 12.1 Å². The molecule has 1 atom stereocenters. The van der Waals surface area contributed by atoms with Crippen LogP contribution in [0.5, 0.6) is 5.75 Å². The lowest BCUT2D eigenvalue weighted by Crippen LogP contribution is -2.33. The van der Waals surface area contributed by atoms with E-state index in [1.54, 1.807) is 18.2 Å². The Labute approximate surface area is 138 Å². The largest absolute Gasteiger partial charge is 0.495 e. The number of ether oxygens (including phenoxy) is 1. The fraction of sp³-hybridized carbons (Fsp3) is 0.438. The Hall–Kier alpha value is -2.51. The van der Waals surface area contributed by atoms with Gasteiger partial charge in [0.1, 0.15) is 18.0 Å². The quantitative estimate of drug-likeness (QED) is 0.842. The summed E-state index contributed by atoms with van der Waals surface area (Å²) in [7, 11) is 1.57. The number of hydrogen-bond acceptors (Lipinski definition) is 4. The summed E-state index contributed by atoms with van der Waals surface area (Å²) in [5, 5.41) is 3.73. The molecule has 128 valence electrons. The molecular formula is C16H18F2N4O2. The highest BCUT2D eigenvalue weighted by Crippen LogP contribution is 2.31. The van der Waals surface area contributed by atoms with Gasteiger partial charge in [-0.05, 0) is 31.0 Å². The van der Waals surface area contributed by atoms with Gasteiger partial charge >= 0.3 is 0 Å². The molecule has 1 amide bonds. The number of pyridine rings is 1. The van der Waals surface area contributed by atoms with Crippen LogP contribution in [0.3, 0.4) is 0 Å². The third-order valence-electron chi connectivity index (χ3n) is 4.09. The number of alkyl halides is 2. The van der Waals surface area contributed by atoms with Crippen molar-refractivity contribution in [1.82, 2.24) is 19.7 Å². The Morgan fingerprint density at radius 1 is 1.42 bits per heavy atom. The zero-order chi connectivity index (χ0) is 17.1. The molecule has 2 aromatic heterocycles. The number of hydrogen-bond donors (Lipinski definition) is 0. The number of nitrogens with zero attached hydrogens (tertiary/aromatic N) is 4. The Balaban J connectivity index is 1.70. The van der Waals surface area contributed by atoms with E-state index in [2.05, 4.69) is 10.1 Å². The molecule has 0 N–H and O–H groups in total. The third kappa shape index (κ3) is 3.37. The van der Waals surface area contributed by atoms with E-state index in [0.717, 1.165) is 18.5 Å². The van der Waals surface area contributed by atoms with Crippen molar-refractivity contribution in [1.29, 1.82) is 0 Å². The number of methoxy groups -OCH3 is 1. The van der Waals surface area contributed by atoms with Crippen LogP contribution in [0.25, 0.3) is 0 Å². The van der Waals surface area contributed by atoms with Crippen molar-refractivity contribution in [2.75, 3.05) is 13.7 Å².